The molecule has 0 saturated heterocycles. The lowest BCUT2D eigenvalue weighted by molar-refractivity contribution is 0.0685. The van der Waals surface area contributed by atoms with Gasteiger partial charge in [-0.3, -0.25) is 0 Å². The molecule has 0 radical (unpaired) electrons. The summed E-state index contributed by atoms with van der Waals surface area (Å²) in [7, 11) is 0. The second kappa shape index (κ2) is 4.79. The van der Waals surface area contributed by atoms with E-state index in [0.29, 0.717) is 0 Å². The first-order valence-electron chi connectivity index (χ1n) is 4.65. The van der Waals surface area contributed by atoms with Crippen LogP contribution in [0.25, 0.3) is 0 Å². The number of carboxylic acid groups (broad SMARTS) is 1. The number of aliphatic hydroxyl groups is 1. The molecule has 0 fully saturated rings. The number of hydrogen-bond donors (Lipinski definition) is 2. The molecule has 0 aromatic heterocycles. The van der Waals surface area contributed by atoms with E-state index in [2.05, 4.69) is 0 Å². The number of aryl methyl sites for hydroxylation is 1. The second-order valence-electron chi connectivity index (χ2n) is 3.46. The highest BCUT2D eigenvalue weighted by Crippen LogP contribution is 2.20. The van der Waals surface area contributed by atoms with Crippen LogP contribution >= 0.6 is 0 Å². The lowest BCUT2D eigenvalue weighted by atomic mass is 10.1. The molecule has 0 aliphatic rings. The standard InChI is InChI=1S/C11H14O4/c1-7-3-4-10(15-6-8(2)12)9(5-7)11(13)14/h3-5,8,12H,6H2,1-2H3,(H,13,14). The maximum Gasteiger partial charge on any atom is 0.339 e. The first-order valence-corrected chi connectivity index (χ1v) is 4.65. The smallest absolute Gasteiger partial charge is 0.339 e. The summed E-state index contributed by atoms with van der Waals surface area (Å²) in [6.07, 6.45) is -0.618. The maximum absolute atomic E-state index is 10.9. The minimum absolute atomic E-state index is 0.0866. The lowest BCUT2D eigenvalue weighted by Gasteiger charge is -2.10. The molecule has 0 aliphatic carbocycles. The highest BCUT2D eigenvalue weighted by Gasteiger charge is 2.11. The van der Waals surface area contributed by atoms with Gasteiger partial charge in [-0.05, 0) is 26.0 Å². The van der Waals surface area contributed by atoms with Crippen molar-refractivity contribution in [2.75, 3.05) is 6.61 Å². The fraction of sp³-hybridized carbons (Fsp3) is 0.364. The Balaban J connectivity index is 2.91. The van der Waals surface area contributed by atoms with Gasteiger partial charge in [-0.15, -0.1) is 0 Å². The van der Waals surface area contributed by atoms with Gasteiger partial charge in [0.05, 0.1) is 6.10 Å². The van der Waals surface area contributed by atoms with Gasteiger partial charge in [-0.1, -0.05) is 11.6 Å². The Morgan fingerprint density at radius 2 is 2.20 bits per heavy atom. The van der Waals surface area contributed by atoms with Gasteiger partial charge < -0.3 is 14.9 Å². The van der Waals surface area contributed by atoms with Crippen LogP contribution < -0.4 is 4.74 Å². The number of ether oxygens (including phenoxy) is 1. The number of carbonyl (C=O) groups is 1. The number of rotatable bonds is 4. The Morgan fingerprint density at radius 1 is 1.53 bits per heavy atom. The Bertz CT molecular complexity index is 358. The van der Waals surface area contributed by atoms with Gasteiger partial charge in [0, 0.05) is 0 Å². The summed E-state index contributed by atoms with van der Waals surface area (Å²) in [5.74, 6) is -0.742. The van der Waals surface area contributed by atoms with Gasteiger partial charge in [0.2, 0.25) is 0 Å². The molecule has 0 spiro atoms. The highest BCUT2D eigenvalue weighted by molar-refractivity contribution is 5.91. The van der Waals surface area contributed by atoms with Crippen molar-refractivity contribution in [3.63, 3.8) is 0 Å². The third-order valence-electron chi connectivity index (χ3n) is 1.85. The second-order valence-corrected chi connectivity index (χ2v) is 3.46. The average molecular weight is 210 g/mol. The van der Waals surface area contributed by atoms with Gasteiger partial charge in [-0.25, -0.2) is 4.79 Å². The van der Waals surface area contributed by atoms with E-state index >= 15 is 0 Å². The summed E-state index contributed by atoms with van der Waals surface area (Å²) >= 11 is 0. The largest absolute Gasteiger partial charge is 0.490 e. The van der Waals surface area contributed by atoms with Crippen LogP contribution in [0, 0.1) is 6.92 Å². The predicted molar refractivity (Wildman–Crippen MR) is 55.3 cm³/mol. The summed E-state index contributed by atoms with van der Waals surface area (Å²) in [5.41, 5.74) is 0.979. The van der Waals surface area contributed by atoms with Crippen LogP contribution in [0.5, 0.6) is 5.75 Å². The minimum atomic E-state index is -1.03. The number of carboxylic acids is 1. The van der Waals surface area contributed by atoms with Crippen LogP contribution in [0.15, 0.2) is 18.2 Å². The zero-order valence-electron chi connectivity index (χ0n) is 8.73. The van der Waals surface area contributed by atoms with Crippen LogP contribution in [0.2, 0.25) is 0 Å². The van der Waals surface area contributed by atoms with E-state index in [-0.39, 0.29) is 17.9 Å². The zero-order chi connectivity index (χ0) is 11.4. The molecular weight excluding hydrogens is 196 g/mol. The van der Waals surface area contributed by atoms with E-state index in [1.165, 1.54) is 0 Å². The quantitative estimate of drug-likeness (QED) is 0.789. The molecule has 1 atom stereocenters. The third kappa shape index (κ3) is 3.25. The molecule has 0 saturated carbocycles. The maximum atomic E-state index is 10.9. The minimum Gasteiger partial charge on any atom is -0.490 e. The Labute approximate surface area is 88.1 Å². The molecule has 0 heterocycles. The first-order chi connectivity index (χ1) is 7.00. The van der Waals surface area contributed by atoms with Crippen molar-refractivity contribution >= 4 is 5.97 Å². The number of aliphatic hydroxyl groups excluding tert-OH is 1. The molecule has 1 aromatic rings. The predicted octanol–water partition coefficient (Wildman–Crippen LogP) is 1.45. The van der Waals surface area contributed by atoms with Gasteiger partial charge in [0.25, 0.3) is 0 Å². The molecule has 0 bridgehead atoms. The molecule has 82 valence electrons. The van der Waals surface area contributed by atoms with Crippen molar-refractivity contribution in [1.29, 1.82) is 0 Å². The van der Waals surface area contributed by atoms with Gasteiger partial charge in [0.15, 0.2) is 0 Å². The van der Waals surface area contributed by atoms with E-state index in [4.69, 9.17) is 14.9 Å². The van der Waals surface area contributed by atoms with Crippen LogP contribution in [0.4, 0.5) is 0 Å². The van der Waals surface area contributed by atoms with Crippen molar-refractivity contribution in [2.45, 2.75) is 20.0 Å². The summed E-state index contributed by atoms with van der Waals surface area (Å²) in [4.78, 5) is 10.9. The summed E-state index contributed by atoms with van der Waals surface area (Å²) in [5, 5.41) is 17.9. The molecule has 0 amide bonds. The zero-order valence-corrected chi connectivity index (χ0v) is 8.73. The number of aromatic carboxylic acids is 1. The molecule has 1 rings (SSSR count). The number of hydrogen-bond acceptors (Lipinski definition) is 3. The van der Waals surface area contributed by atoms with Crippen LogP contribution in [0.1, 0.15) is 22.8 Å². The van der Waals surface area contributed by atoms with Crippen LogP contribution in [-0.2, 0) is 0 Å². The van der Waals surface area contributed by atoms with Gasteiger partial charge in [-0.2, -0.15) is 0 Å². The van der Waals surface area contributed by atoms with E-state index in [0.717, 1.165) is 5.56 Å². The van der Waals surface area contributed by atoms with E-state index < -0.39 is 12.1 Å². The van der Waals surface area contributed by atoms with E-state index in [1.807, 2.05) is 6.92 Å². The molecule has 1 unspecified atom stereocenters. The number of benzene rings is 1. The van der Waals surface area contributed by atoms with E-state index in [9.17, 15) is 4.79 Å². The first kappa shape index (κ1) is 11.5. The van der Waals surface area contributed by atoms with E-state index in [1.54, 1.807) is 25.1 Å². The fourth-order valence-electron chi connectivity index (χ4n) is 1.15. The van der Waals surface area contributed by atoms with Gasteiger partial charge >= 0.3 is 5.97 Å². The topological polar surface area (TPSA) is 66.8 Å². The van der Waals surface area contributed by atoms with Crippen molar-refractivity contribution in [3.05, 3.63) is 29.3 Å². The van der Waals surface area contributed by atoms with Crippen molar-refractivity contribution in [3.8, 4) is 5.75 Å². The molecule has 15 heavy (non-hydrogen) atoms. The van der Waals surface area contributed by atoms with Crippen molar-refractivity contribution in [2.24, 2.45) is 0 Å². The van der Waals surface area contributed by atoms with Crippen LogP contribution in [-0.4, -0.2) is 28.9 Å². The average Bonchev–Trinajstić information content (AvgIpc) is 2.15. The van der Waals surface area contributed by atoms with Crippen LogP contribution in [0.3, 0.4) is 0 Å². The molecule has 2 N–H and O–H groups in total. The highest BCUT2D eigenvalue weighted by atomic mass is 16.5. The summed E-state index contributed by atoms with van der Waals surface area (Å²) in [6.45, 7) is 3.48. The van der Waals surface area contributed by atoms with Crippen molar-refractivity contribution < 1.29 is 19.7 Å². The monoisotopic (exact) mass is 210 g/mol. The lowest BCUT2D eigenvalue weighted by Crippen LogP contribution is -2.14. The molecule has 1 aromatic carbocycles. The Kier molecular flexibility index (Phi) is 3.68. The Morgan fingerprint density at radius 3 is 2.73 bits per heavy atom. The Hall–Kier alpha value is -1.55. The molecule has 4 heteroatoms. The third-order valence-corrected chi connectivity index (χ3v) is 1.85. The summed E-state index contributed by atoms with van der Waals surface area (Å²) in [6, 6.07) is 4.91. The molecular formula is C11H14O4. The van der Waals surface area contributed by atoms with Gasteiger partial charge in [0.1, 0.15) is 17.9 Å². The molecule has 4 nitrogen and oxygen atoms in total. The summed E-state index contributed by atoms with van der Waals surface area (Å²) < 4.78 is 5.18. The fourth-order valence-corrected chi connectivity index (χ4v) is 1.15. The normalized spacial score (nSPS) is 12.2. The molecule has 0 aliphatic heterocycles. The van der Waals surface area contributed by atoms with Crippen molar-refractivity contribution in [1.82, 2.24) is 0 Å². The SMILES string of the molecule is Cc1ccc(OCC(C)O)c(C(=O)O)c1.